The van der Waals surface area contributed by atoms with Crippen LogP contribution >= 0.6 is 11.6 Å². The molecule has 0 saturated heterocycles. The number of aromatic nitrogens is 4. The van der Waals surface area contributed by atoms with E-state index >= 15 is 0 Å². The summed E-state index contributed by atoms with van der Waals surface area (Å²) in [6.07, 6.45) is 1.68. The fourth-order valence-electron chi connectivity index (χ4n) is 3.70. The topological polar surface area (TPSA) is 74.0 Å². The van der Waals surface area contributed by atoms with Gasteiger partial charge in [0.2, 0.25) is 0 Å². The lowest BCUT2D eigenvalue weighted by Gasteiger charge is -2.10. The third-order valence-corrected chi connectivity index (χ3v) is 6.08. The van der Waals surface area contributed by atoms with Gasteiger partial charge in [-0.1, -0.05) is 23.7 Å². The number of carbonyl (C=O) groups excluding carboxylic acids is 1. The number of anilines is 1. The third-order valence-electron chi connectivity index (χ3n) is 5.49. The SMILES string of the molecule is Cc1cc(OCn2ccc(C(=O)Nc3c(C)nn(Cc4cccc(F)c4)c3C)n2)cc(C)c1Cl. The van der Waals surface area contributed by atoms with Crippen LogP contribution in [0.3, 0.4) is 0 Å². The molecule has 0 aliphatic rings. The van der Waals surface area contributed by atoms with Crippen LogP contribution in [0.25, 0.3) is 0 Å². The summed E-state index contributed by atoms with van der Waals surface area (Å²) in [5, 5.41) is 12.4. The number of nitrogens with one attached hydrogen (secondary N) is 1. The molecule has 1 N–H and O–H groups in total. The van der Waals surface area contributed by atoms with E-state index in [-0.39, 0.29) is 24.1 Å². The van der Waals surface area contributed by atoms with Gasteiger partial charge in [-0.05, 0) is 74.7 Å². The highest BCUT2D eigenvalue weighted by Crippen LogP contribution is 2.26. The highest BCUT2D eigenvalue weighted by Gasteiger charge is 2.17. The standard InChI is InChI=1S/C25H25ClFN5O2/c1-15-10-21(11-16(2)23(15)26)34-14-31-9-8-22(30-31)25(33)28-24-17(3)29-32(18(24)4)13-19-6-5-7-20(27)12-19/h5-12H,13-14H2,1-4H3,(H,28,33). The summed E-state index contributed by atoms with van der Waals surface area (Å²) in [4.78, 5) is 12.8. The zero-order chi connectivity index (χ0) is 24.4. The Kier molecular flexibility index (Phi) is 6.70. The average molecular weight is 482 g/mol. The molecule has 4 rings (SSSR count). The third kappa shape index (κ3) is 5.12. The summed E-state index contributed by atoms with van der Waals surface area (Å²) in [5.74, 6) is 0.0276. The molecule has 2 aromatic carbocycles. The number of aryl methyl sites for hydroxylation is 3. The van der Waals surface area contributed by atoms with E-state index in [1.165, 1.54) is 12.1 Å². The van der Waals surface area contributed by atoms with Crippen molar-refractivity contribution in [1.29, 1.82) is 0 Å². The van der Waals surface area contributed by atoms with Crippen molar-refractivity contribution in [3.63, 3.8) is 0 Å². The van der Waals surface area contributed by atoms with Gasteiger partial charge in [0.15, 0.2) is 12.4 Å². The van der Waals surface area contributed by atoms with E-state index in [0.29, 0.717) is 23.7 Å². The number of rotatable bonds is 7. The van der Waals surface area contributed by atoms with Gasteiger partial charge in [-0.3, -0.25) is 9.48 Å². The number of nitrogens with zero attached hydrogens (tertiary/aromatic N) is 4. The first-order chi connectivity index (χ1) is 16.2. The molecular weight excluding hydrogens is 457 g/mol. The van der Waals surface area contributed by atoms with Crippen LogP contribution in [-0.2, 0) is 13.3 Å². The van der Waals surface area contributed by atoms with Gasteiger partial charge in [-0.25, -0.2) is 9.07 Å². The van der Waals surface area contributed by atoms with Crippen molar-refractivity contribution in [3.05, 3.63) is 93.3 Å². The molecule has 0 saturated carbocycles. The van der Waals surface area contributed by atoms with E-state index in [0.717, 1.165) is 27.4 Å². The highest BCUT2D eigenvalue weighted by atomic mass is 35.5. The zero-order valence-corrected chi connectivity index (χ0v) is 20.2. The van der Waals surface area contributed by atoms with Gasteiger partial charge in [0.05, 0.1) is 23.6 Å². The molecule has 2 aromatic heterocycles. The van der Waals surface area contributed by atoms with Gasteiger partial charge < -0.3 is 10.1 Å². The minimum atomic E-state index is -0.353. The van der Waals surface area contributed by atoms with Gasteiger partial charge in [0.1, 0.15) is 11.6 Å². The van der Waals surface area contributed by atoms with E-state index in [4.69, 9.17) is 16.3 Å². The number of halogens is 2. The van der Waals surface area contributed by atoms with E-state index < -0.39 is 0 Å². The summed E-state index contributed by atoms with van der Waals surface area (Å²) in [6.45, 7) is 8.06. The van der Waals surface area contributed by atoms with E-state index in [1.807, 2.05) is 45.9 Å². The second kappa shape index (κ2) is 9.69. The minimum absolute atomic E-state index is 0.150. The largest absolute Gasteiger partial charge is 0.471 e. The minimum Gasteiger partial charge on any atom is -0.471 e. The zero-order valence-electron chi connectivity index (χ0n) is 19.4. The van der Waals surface area contributed by atoms with Crippen LogP contribution in [-0.4, -0.2) is 25.5 Å². The molecule has 7 nitrogen and oxygen atoms in total. The van der Waals surface area contributed by atoms with Crippen molar-refractivity contribution in [2.24, 2.45) is 0 Å². The lowest BCUT2D eigenvalue weighted by atomic mass is 10.1. The lowest BCUT2D eigenvalue weighted by Crippen LogP contribution is -2.15. The Bertz CT molecular complexity index is 1340. The Morgan fingerprint density at radius 1 is 1.09 bits per heavy atom. The Morgan fingerprint density at radius 2 is 1.82 bits per heavy atom. The van der Waals surface area contributed by atoms with Crippen molar-refractivity contribution in [1.82, 2.24) is 19.6 Å². The molecule has 0 unspecified atom stereocenters. The fraction of sp³-hybridized carbons (Fsp3) is 0.240. The van der Waals surface area contributed by atoms with Crippen LogP contribution in [0.4, 0.5) is 10.1 Å². The number of hydrogen-bond donors (Lipinski definition) is 1. The molecule has 2 heterocycles. The van der Waals surface area contributed by atoms with Crippen molar-refractivity contribution in [2.75, 3.05) is 5.32 Å². The van der Waals surface area contributed by atoms with E-state index in [9.17, 15) is 9.18 Å². The molecule has 0 aliphatic carbocycles. The number of ether oxygens (including phenoxy) is 1. The van der Waals surface area contributed by atoms with Crippen LogP contribution in [0, 0.1) is 33.5 Å². The second-order valence-corrected chi connectivity index (χ2v) is 8.55. The average Bonchev–Trinajstić information content (AvgIpc) is 3.36. The van der Waals surface area contributed by atoms with Gasteiger partial charge in [0, 0.05) is 11.2 Å². The second-order valence-electron chi connectivity index (χ2n) is 8.17. The van der Waals surface area contributed by atoms with Crippen molar-refractivity contribution < 1.29 is 13.9 Å². The maximum absolute atomic E-state index is 13.5. The Hall–Kier alpha value is -3.65. The monoisotopic (exact) mass is 481 g/mol. The maximum Gasteiger partial charge on any atom is 0.276 e. The summed E-state index contributed by atoms with van der Waals surface area (Å²) in [5.41, 5.74) is 4.95. The van der Waals surface area contributed by atoms with Crippen LogP contribution in [0.1, 0.15) is 38.6 Å². The number of benzene rings is 2. The lowest BCUT2D eigenvalue weighted by molar-refractivity contribution is 0.102. The van der Waals surface area contributed by atoms with Crippen LogP contribution in [0.15, 0.2) is 48.7 Å². The van der Waals surface area contributed by atoms with Crippen LogP contribution < -0.4 is 10.1 Å². The molecule has 1 amide bonds. The maximum atomic E-state index is 13.5. The molecule has 4 aromatic rings. The summed E-state index contributed by atoms with van der Waals surface area (Å²) >= 11 is 6.20. The summed E-state index contributed by atoms with van der Waals surface area (Å²) < 4.78 is 22.6. The van der Waals surface area contributed by atoms with E-state index in [2.05, 4.69) is 15.5 Å². The van der Waals surface area contributed by atoms with Crippen molar-refractivity contribution in [2.45, 2.75) is 41.0 Å². The van der Waals surface area contributed by atoms with Crippen molar-refractivity contribution in [3.8, 4) is 5.75 Å². The summed E-state index contributed by atoms with van der Waals surface area (Å²) in [7, 11) is 0. The molecule has 0 radical (unpaired) electrons. The normalized spacial score (nSPS) is 11.0. The Morgan fingerprint density at radius 3 is 2.53 bits per heavy atom. The number of carbonyl (C=O) groups is 1. The molecule has 0 fully saturated rings. The molecule has 0 bridgehead atoms. The molecule has 0 spiro atoms. The Balaban J connectivity index is 1.42. The molecular formula is C25H25ClFN5O2. The van der Waals surface area contributed by atoms with Gasteiger partial charge in [-0.2, -0.15) is 10.2 Å². The van der Waals surface area contributed by atoms with Gasteiger partial charge in [0.25, 0.3) is 5.91 Å². The highest BCUT2D eigenvalue weighted by molar-refractivity contribution is 6.32. The first kappa shape index (κ1) is 23.5. The molecule has 176 valence electrons. The van der Waals surface area contributed by atoms with E-state index in [1.54, 1.807) is 27.7 Å². The predicted octanol–water partition coefficient (Wildman–Crippen LogP) is 5.44. The quantitative estimate of drug-likeness (QED) is 0.381. The van der Waals surface area contributed by atoms with Crippen molar-refractivity contribution >= 4 is 23.2 Å². The van der Waals surface area contributed by atoms with Gasteiger partial charge in [-0.15, -0.1) is 0 Å². The number of hydrogen-bond acceptors (Lipinski definition) is 4. The first-order valence-electron chi connectivity index (χ1n) is 10.7. The van der Waals surface area contributed by atoms with Crippen LogP contribution in [0.5, 0.6) is 5.75 Å². The number of amides is 1. The molecule has 0 atom stereocenters. The smallest absolute Gasteiger partial charge is 0.276 e. The molecule has 0 aliphatic heterocycles. The predicted molar refractivity (Wildman–Crippen MR) is 129 cm³/mol. The molecule has 9 heteroatoms. The van der Waals surface area contributed by atoms with Crippen LogP contribution in [0.2, 0.25) is 5.02 Å². The van der Waals surface area contributed by atoms with Gasteiger partial charge >= 0.3 is 0 Å². The summed E-state index contributed by atoms with van der Waals surface area (Å²) in [6, 6.07) is 11.7. The first-order valence-corrected chi connectivity index (χ1v) is 11.1. The molecule has 34 heavy (non-hydrogen) atoms. The fourth-order valence-corrected chi connectivity index (χ4v) is 3.81. The Labute approximate surface area is 202 Å².